The molecule has 21 heavy (non-hydrogen) atoms. The molecule has 0 atom stereocenters. The third kappa shape index (κ3) is 2.93. The molecule has 112 valence electrons. The molecule has 0 heterocycles. The van der Waals surface area contributed by atoms with E-state index < -0.39 is 5.41 Å². The van der Waals surface area contributed by atoms with Crippen LogP contribution in [-0.2, 0) is 9.59 Å². The van der Waals surface area contributed by atoms with Crippen LogP contribution in [0.2, 0.25) is 0 Å². The number of carbonyl (C=O) groups is 2. The van der Waals surface area contributed by atoms with E-state index in [1.54, 1.807) is 6.07 Å². The summed E-state index contributed by atoms with van der Waals surface area (Å²) in [6.45, 7) is 0.386. The van der Waals surface area contributed by atoms with Gasteiger partial charge in [0.05, 0.1) is 5.41 Å². The lowest BCUT2D eigenvalue weighted by Gasteiger charge is -2.39. The third-order valence-corrected chi connectivity index (χ3v) is 4.52. The molecule has 2 amide bonds. The van der Waals surface area contributed by atoms with Gasteiger partial charge >= 0.3 is 0 Å². The van der Waals surface area contributed by atoms with E-state index in [0.717, 1.165) is 37.8 Å². The highest BCUT2D eigenvalue weighted by Gasteiger charge is 2.42. The highest BCUT2D eigenvalue weighted by atomic mass is 16.2. The number of nitrogens with one attached hydrogen (secondary N) is 2. The van der Waals surface area contributed by atoms with Gasteiger partial charge in [0.15, 0.2) is 0 Å². The predicted octanol–water partition coefficient (Wildman–Crippen LogP) is 2.10. The van der Waals surface area contributed by atoms with Gasteiger partial charge in [0.1, 0.15) is 0 Å². The lowest BCUT2D eigenvalue weighted by atomic mass is 9.68. The van der Waals surface area contributed by atoms with Crippen molar-refractivity contribution in [2.24, 2.45) is 17.1 Å². The maximum absolute atomic E-state index is 12.3. The first-order chi connectivity index (χ1) is 10.1. The normalized spacial score (nSPS) is 19.5. The number of anilines is 2. The van der Waals surface area contributed by atoms with Crippen molar-refractivity contribution >= 4 is 23.2 Å². The SMILES string of the molecule is NCC1(C(=O)Nc2cccc(NC(=O)C3CC3)c2)CCC1. The van der Waals surface area contributed by atoms with Gasteiger partial charge in [0, 0.05) is 23.8 Å². The van der Waals surface area contributed by atoms with Gasteiger partial charge in [-0.25, -0.2) is 0 Å². The zero-order chi connectivity index (χ0) is 14.9. The number of amides is 2. The first-order valence-electron chi connectivity index (χ1n) is 7.55. The molecule has 2 saturated carbocycles. The average Bonchev–Trinajstić information content (AvgIpc) is 3.22. The van der Waals surface area contributed by atoms with E-state index in [0.29, 0.717) is 12.2 Å². The van der Waals surface area contributed by atoms with Crippen LogP contribution in [0, 0.1) is 11.3 Å². The lowest BCUT2D eigenvalue weighted by Crippen LogP contribution is -2.47. The molecular weight excluding hydrogens is 266 g/mol. The molecule has 0 radical (unpaired) electrons. The standard InChI is InChI=1S/C16H21N3O2/c17-10-16(7-2-8-16)15(21)19-13-4-1-3-12(9-13)18-14(20)11-5-6-11/h1,3-4,9,11H,2,5-8,10,17H2,(H,18,20)(H,19,21). The Morgan fingerprint density at radius 3 is 2.38 bits per heavy atom. The van der Waals surface area contributed by atoms with E-state index in [1.165, 1.54) is 0 Å². The summed E-state index contributed by atoms with van der Waals surface area (Å²) in [6.07, 6.45) is 4.71. The van der Waals surface area contributed by atoms with Crippen LogP contribution >= 0.6 is 0 Å². The summed E-state index contributed by atoms with van der Waals surface area (Å²) in [4.78, 5) is 24.1. The quantitative estimate of drug-likeness (QED) is 0.775. The summed E-state index contributed by atoms with van der Waals surface area (Å²) in [5, 5.41) is 5.81. The topological polar surface area (TPSA) is 84.2 Å². The van der Waals surface area contributed by atoms with Crippen LogP contribution in [0.25, 0.3) is 0 Å². The number of hydrogen-bond acceptors (Lipinski definition) is 3. The fraction of sp³-hybridized carbons (Fsp3) is 0.500. The highest BCUT2D eigenvalue weighted by Crippen LogP contribution is 2.41. The maximum atomic E-state index is 12.3. The van der Waals surface area contributed by atoms with Gasteiger partial charge < -0.3 is 16.4 Å². The molecule has 3 rings (SSSR count). The Hall–Kier alpha value is -1.88. The largest absolute Gasteiger partial charge is 0.329 e. The van der Waals surface area contributed by atoms with Gasteiger partial charge in [-0.05, 0) is 43.9 Å². The van der Waals surface area contributed by atoms with Crippen molar-refractivity contribution in [3.05, 3.63) is 24.3 Å². The molecule has 0 spiro atoms. The number of benzene rings is 1. The van der Waals surface area contributed by atoms with Gasteiger partial charge in [-0.1, -0.05) is 12.5 Å². The minimum Gasteiger partial charge on any atom is -0.329 e. The molecule has 0 aromatic heterocycles. The summed E-state index contributed by atoms with van der Waals surface area (Å²) in [5.41, 5.74) is 6.77. The molecule has 0 unspecified atom stereocenters. The van der Waals surface area contributed by atoms with Crippen molar-refractivity contribution < 1.29 is 9.59 Å². The number of carbonyl (C=O) groups excluding carboxylic acids is 2. The van der Waals surface area contributed by atoms with Gasteiger partial charge in [-0.3, -0.25) is 9.59 Å². The van der Waals surface area contributed by atoms with Crippen LogP contribution in [0.15, 0.2) is 24.3 Å². The molecule has 5 heteroatoms. The number of nitrogens with two attached hydrogens (primary N) is 1. The van der Waals surface area contributed by atoms with Crippen LogP contribution in [0.3, 0.4) is 0 Å². The molecular formula is C16H21N3O2. The Bertz CT molecular complexity index is 557. The van der Waals surface area contributed by atoms with Crippen molar-refractivity contribution in [3.63, 3.8) is 0 Å². The smallest absolute Gasteiger partial charge is 0.231 e. The minimum absolute atomic E-state index is 0.0121. The Kier molecular flexibility index (Phi) is 3.68. The van der Waals surface area contributed by atoms with Crippen LogP contribution in [0.4, 0.5) is 11.4 Å². The molecule has 2 aliphatic carbocycles. The Morgan fingerprint density at radius 2 is 1.86 bits per heavy atom. The van der Waals surface area contributed by atoms with E-state index in [2.05, 4.69) is 10.6 Å². The van der Waals surface area contributed by atoms with Crippen molar-refractivity contribution in [1.82, 2.24) is 0 Å². The molecule has 0 bridgehead atoms. The molecule has 2 aliphatic rings. The fourth-order valence-electron chi connectivity index (χ4n) is 2.66. The zero-order valence-electron chi connectivity index (χ0n) is 12.0. The van der Waals surface area contributed by atoms with E-state index in [9.17, 15) is 9.59 Å². The second kappa shape index (κ2) is 5.48. The summed E-state index contributed by atoms with van der Waals surface area (Å²) in [6, 6.07) is 7.28. The minimum atomic E-state index is -0.396. The van der Waals surface area contributed by atoms with Gasteiger partial charge in [0.2, 0.25) is 11.8 Å². The first-order valence-corrected chi connectivity index (χ1v) is 7.55. The van der Waals surface area contributed by atoms with E-state index >= 15 is 0 Å². The van der Waals surface area contributed by atoms with E-state index in [-0.39, 0.29) is 17.7 Å². The molecule has 1 aromatic rings. The van der Waals surface area contributed by atoms with Gasteiger partial charge in [-0.15, -0.1) is 0 Å². The number of rotatable bonds is 5. The molecule has 0 aliphatic heterocycles. The Morgan fingerprint density at radius 1 is 1.19 bits per heavy atom. The Labute approximate surface area is 124 Å². The first kappa shape index (κ1) is 14.1. The second-order valence-electron chi connectivity index (χ2n) is 6.14. The summed E-state index contributed by atoms with van der Waals surface area (Å²) < 4.78 is 0. The number of hydrogen-bond donors (Lipinski definition) is 3. The van der Waals surface area contributed by atoms with E-state index in [4.69, 9.17) is 5.73 Å². The van der Waals surface area contributed by atoms with Crippen molar-refractivity contribution in [3.8, 4) is 0 Å². The van der Waals surface area contributed by atoms with Crippen LogP contribution in [-0.4, -0.2) is 18.4 Å². The van der Waals surface area contributed by atoms with Crippen molar-refractivity contribution in [2.45, 2.75) is 32.1 Å². The third-order valence-electron chi connectivity index (χ3n) is 4.52. The second-order valence-corrected chi connectivity index (χ2v) is 6.14. The highest BCUT2D eigenvalue weighted by molar-refractivity contribution is 5.98. The van der Waals surface area contributed by atoms with Gasteiger partial charge in [0.25, 0.3) is 0 Å². The van der Waals surface area contributed by atoms with Crippen LogP contribution < -0.4 is 16.4 Å². The van der Waals surface area contributed by atoms with Crippen LogP contribution in [0.1, 0.15) is 32.1 Å². The molecule has 1 aromatic carbocycles. The van der Waals surface area contributed by atoms with Gasteiger partial charge in [-0.2, -0.15) is 0 Å². The molecule has 4 N–H and O–H groups in total. The Balaban J connectivity index is 1.65. The maximum Gasteiger partial charge on any atom is 0.231 e. The molecule has 2 fully saturated rings. The summed E-state index contributed by atoms with van der Waals surface area (Å²) in [7, 11) is 0. The molecule has 5 nitrogen and oxygen atoms in total. The summed E-state index contributed by atoms with van der Waals surface area (Å²) in [5.74, 6) is 0.219. The fourth-order valence-corrected chi connectivity index (χ4v) is 2.66. The summed E-state index contributed by atoms with van der Waals surface area (Å²) >= 11 is 0. The molecule has 0 saturated heterocycles. The van der Waals surface area contributed by atoms with Crippen molar-refractivity contribution in [1.29, 1.82) is 0 Å². The zero-order valence-corrected chi connectivity index (χ0v) is 12.0. The average molecular weight is 287 g/mol. The van der Waals surface area contributed by atoms with Crippen LogP contribution in [0.5, 0.6) is 0 Å². The van der Waals surface area contributed by atoms with E-state index in [1.807, 2.05) is 18.2 Å². The lowest BCUT2D eigenvalue weighted by molar-refractivity contribution is -0.129. The predicted molar refractivity (Wildman–Crippen MR) is 81.8 cm³/mol. The monoisotopic (exact) mass is 287 g/mol. The van der Waals surface area contributed by atoms with Crippen molar-refractivity contribution in [2.75, 3.05) is 17.2 Å².